The molecule has 1 atom stereocenters. The van der Waals surface area contributed by atoms with Crippen LogP contribution in [0.15, 0.2) is 41.3 Å². The first-order chi connectivity index (χ1) is 15.3. The van der Waals surface area contributed by atoms with E-state index in [0.717, 1.165) is 24.5 Å². The highest BCUT2D eigenvalue weighted by molar-refractivity contribution is 7.89. The third kappa shape index (κ3) is 4.37. The molecule has 2 aliphatic heterocycles. The summed E-state index contributed by atoms with van der Waals surface area (Å²) >= 11 is 0. The maximum Gasteiger partial charge on any atom is 0.293 e. The molecule has 0 aromatic heterocycles. The molecule has 10 heteroatoms. The van der Waals surface area contributed by atoms with E-state index in [2.05, 4.69) is 5.32 Å². The minimum absolute atomic E-state index is 0.0583. The van der Waals surface area contributed by atoms with Crippen molar-refractivity contribution < 1.29 is 22.8 Å². The Morgan fingerprint density at radius 3 is 2.38 bits per heavy atom. The first kappa shape index (κ1) is 22.3. The second-order valence-electron chi connectivity index (χ2n) is 8.32. The lowest BCUT2D eigenvalue weighted by Gasteiger charge is -2.26. The van der Waals surface area contributed by atoms with Gasteiger partial charge in [-0.3, -0.25) is 10.1 Å². The molecule has 0 unspecified atom stereocenters. The number of hydrogen-bond acceptors (Lipinski definition) is 7. The van der Waals surface area contributed by atoms with Gasteiger partial charge in [-0.2, -0.15) is 4.31 Å². The fourth-order valence-corrected chi connectivity index (χ4v) is 5.62. The molecule has 0 radical (unpaired) electrons. The number of ether oxygens (including phenoxy) is 2. The number of nitro benzene ring substituents is 1. The van der Waals surface area contributed by atoms with Crippen molar-refractivity contribution in [2.45, 2.75) is 37.6 Å². The van der Waals surface area contributed by atoms with Gasteiger partial charge in [-0.15, -0.1) is 0 Å². The largest absolute Gasteiger partial charge is 0.486 e. The summed E-state index contributed by atoms with van der Waals surface area (Å²) in [6.45, 7) is 5.86. The topological polar surface area (TPSA) is 111 Å². The molecule has 0 amide bonds. The average molecular weight is 462 g/mol. The van der Waals surface area contributed by atoms with E-state index in [0.29, 0.717) is 37.8 Å². The van der Waals surface area contributed by atoms with Gasteiger partial charge in [-0.05, 0) is 48.6 Å². The second-order valence-corrected chi connectivity index (χ2v) is 10.3. The summed E-state index contributed by atoms with van der Waals surface area (Å²) in [4.78, 5) is 11.2. The molecule has 4 rings (SSSR count). The third-order valence-electron chi connectivity index (χ3n) is 5.77. The fraction of sp³-hybridized carbons (Fsp3) is 0.455. The van der Waals surface area contributed by atoms with Gasteiger partial charge in [-0.25, -0.2) is 8.42 Å². The first-order valence-corrected chi connectivity index (χ1v) is 12.2. The summed E-state index contributed by atoms with van der Waals surface area (Å²) in [6, 6.07) is 9.43. The van der Waals surface area contributed by atoms with Gasteiger partial charge in [0.15, 0.2) is 11.5 Å². The SMILES string of the molecule is CC(C)[C@@H](Nc1ccc(S(=O)(=O)N2CCCC2)cc1[N+](=O)[O-])c1ccc2c(c1)OCCO2. The molecular weight excluding hydrogens is 434 g/mol. The Kier molecular flexibility index (Phi) is 6.25. The Morgan fingerprint density at radius 1 is 1.03 bits per heavy atom. The van der Waals surface area contributed by atoms with Crippen molar-refractivity contribution in [2.75, 3.05) is 31.6 Å². The lowest BCUT2D eigenvalue weighted by Crippen LogP contribution is -2.28. The van der Waals surface area contributed by atoms with Crippen molar-refractivity contribution in [3.63, 3.8) is 0 Å². The molecular formula is C22H27N3O6S. The molecule has 0 spiro atoms. The van der Waals surface area contributed by atoms with Crippen LogP contribution in [0.25, 0.3) is 0 Å². The van der Waals surface area contributed by atoms with Crippen molar-refractivity contribution in [1.29, 1.82) is 0 Å². The maximum absolute atomic E-state index is 12.9. The van der Waals surface area contributed by atoms with E-state index in [4.69, 9.17) is 9.47 Å². The summed E-state index contributed by atoms with van der Waals surface area (Å²) in [5.74, 6) is 1.40. The van der Waals surface area contributed by atoms with Gasteiger partial charge in [0.1, 0.15) is 18.9 Å². The van der Waals surface area contributed by atoms with E-state index in [9.17, 15) is 18.5 Å². The van der Waals surface area contributed by atoms with E-state index < -0.39 is 14.9 Å². The Balaban J connectivity index is 1.66. The third-order valence-corrected chi connectivity index (χ3v) is 7.67. The number of fused-ring (bicyclic) bond motifs is 1. The number of nitro groups is 1. The molecule has 2 aliphatic rings. The van der Waals surface area contributed by atoms with E-state index in [-0.39, 0.29) is 28.2 Å². The number of hydrogen-bond donors (Lipinski definition) is 1. The minimum Gasteiger partial charge on any atom is -0.486 e. The highest BCUT2D eigenvalue weighted by Crippen LogP contribution is 2.38. The zero-order valence-electron chi connectivity index (χ0n) is 18.1. The lowest BCUT2D eigenvalue weighted by molar-refractivity contribution is -0.384. The number of nitrogens with one attached hydrogen (secondary N) is 1. The highest BCUT2D eigenvalue weighted by atomic mass is 32.2. The van der Waals surface area contributed by atoms with Crippen molar-refractivity contribution in [2.24, 2.45) is 5.92 Å². The minimum atomic E-state index is -3.75. The average Bonchev–Trinajstić information content (AvgIpc) is 3.32. The zero-order chi connectivity index (χ0) is 22.9. The first-order valence-electron chi connectivity index (χ1n) is 10.7. The number of anilines is 1. The van der Waals surface area contributed by atoms with Gasteiger partial charge in [0.25, 0.3) is 5.69 Å². The molecule has 0 aliphatic carbocycles. The summed E-state index contributed by atoms with van der Waals surface area (Å²) in [5, 5.41) is 15.1. The van der Waals surface area contributed by atoms with Crippen LogP contribution in [0.1, 0.15) is 38.3 Å². The maximum atomic E-state index is 12.9. The van der Waals surface area contributed by atoms with Gasteiger partial charge in [0, 0.05) is 19.2 Å². The van der Waals surface area contributed by atoms with Crippen molar-refractivity contribution in [3.05, 3.63) is 52.1 Å². The standard InChI is InChI=1S/C22H27N3O6S/c1-15(2)22(16-5-8-20-21(13-16)31-12-11-30-20)23-18-7-6-17(14-19(18)25(26)27)32(28,29)24-9-3-4-10-24/h5-8,13-15,22-23H,3-4,9-12H2,1-2H3/t22-/m1/s1. The molecule has 0 saturated carbocycles. The smallest absolute Gasteiger partial charge is 0.293 e. The summed E-state index contributed by atoms with van der Waals surface area (Å²) in [7, 11) is -3.75. The van der Waals surface area contributed by atoms with E-state index >= 15 is 0 Å². The highest BCUT2D eigenvalue weighted by Gasteiger charge is 2.30. The molecule has 172 valence electrons. The Labute approximate surface area is 187 Å². The van der Waals surface area contributed by atoms with E-state index in [1.807, 2.05) is 32.0 Å². The van der Waals surface area contributed by atoms with Crippen LogP contribution < -0.4 is 14.8 Å². The molecule has 2 heterocycles. The van der Waals surface area contributed by atoms with E-state index in [1.54, 1.807) is 0 Å². The van der Waals surface area contributed by atoms with Gasteiger partial charge >= 0.3 is 0 Å². The summed E-state index contributed by atoms with van der Waals surface area (Å²) < 4.78 is 38.4. The van der Waals surface area contributed by atoms with E-state index in [1.165, 1.54) is 16.4 Å². The summed E-state index contributed by atoms with van der Waals surface area (Å²) in [5.41, 5.74) is 0.893. The quantitative estimate of drug-likeness (QED) is 0.491. The molecule has 1 N–H and O–H groups in total. The van der Waals surface area contributed by atoms with Crippen LogP contribution in [-0.2, 0) is 10.0 Å². The molecule has 9 nitrogen and oxygen atoms in total. The number of sulfonamides is 1. The molecule has 2 aromatic rings. The molecule has 1 saturated heterocycles. The molecule has 32 heavy (non-hydrogen) atoms. The second kappa shape index (κ2) is 8.95. The normalized spacial score (nSPS) is 17.3. The number of benzene rings is 2. The molecule has 0 bridgehead atoms. The van der Waals surface area contributed by atoms with Crippen LogP contribution in [0.4, 0.5) is 11.4 Å². The fourth-order valence-electron chi connectivity index (χ4n) is 4.08. The van der Waals surface area contributed by atoms with Crippen molar-refractivity contribution in [1.82, 2.24) is 4.31 Å². The van der Waals surface area contributed by atoms with Gasteiger partial charge in [0.2, 0.25) is 10.0 Å². The van der Waals surface area contributed by atoms with Crippen molar-refractivity contribution >= 4 is 21.4 Å². The lowest BCUT2D eigenvalue weighted by atomic mass is 9.95. The monoisotopic (exact) mass is 461 g/mol. The Morgan fingerprint density at radius 2 is 1.72 bits per heavy atom. The molecule has 2 aromatic carbocycles. The number of rotatable bonds is 7. The number of nitrogens with zero attached hydrogens (tertiary/aromatic N) is 2. The van der Waals surface area contributed by atoms with Crippen LogP contribution in [0.5, 0.6) is 11.5 Å². The Hall–Kier alpha value is -2.85. The Bertz CT molecular complexity index is 1110. The van der Waals surface area contributed by atoms with Crippen molar-refractivity contribution in [3.8, 4) is 11.5 Å². The van der Waals surface area contributed by atoms with Crippen LogP contribution >= 0.6 is 0 Å². The summed E-state index contributed by atoms with van der Waals surface area (Å²) in [6.07, 6.45) is 1.60. The predicted octanol–water partition coefficient (Wildman–Crippen LogP) is 3.96. The van der Waals surface area contributed by atoms with Crippen LogP contribution in [0.2, 0.25) is 0 Å². The predicted molar refractivity (Wildman–Crippen MR) is 120 cm³/mol. The van der Waals surface area contributed by atoms with Gasteiger partial charge in [0.05, 0.1) is 15.9 Å². The van der Waals surface area contributed by atoms with Crippen LogP contribution in [0, 0.1) is 16.0 Å². The molecule has 1 fully saturated rings. The van der Waals surface area contributed by atoms with Gasteiger partial charge in [-0.1, -0.05) is 19.9 Å². The van der Waals surface area contributed by atoms with Crippen LogP contribution in [0.3, 0.4) is 0 Å². The van der Waals surface area contributed by atoms with Gasteiger partial charge < -0.3 is 14.8 Å². The zero-order valence-corrected chi connectivity index (χ0v) is 18.9. The van der Waals surface area contributed by atoms with Crippen LogP contribution in [-0.4, -0.2) is 43.9 Å².